The van der Waals surface area contributed by atoms with Crippen LogP contribution in [0.15, 0.2) is 54.6 Å². The summed E-state index contributed by atoms with van der Waals surface area (Å²) in [4.78, 5) is 32.1. The summed E-state index contributed by atoms with van der Waals surface area (Å²) < 4.78 is 0. The molecule has 0 atom stereocenters. The van der Waals surface area contributed by atoms with Gasteiger partial charge in [-0.15, -0.1) is 10.2 Å². The maximum absolute atomic E-state index is 13.2. The Balaban J connectivity index is 1.35. The zero-order valence-corrected chi connectivity index (χ0v) is 22.3. The van der Waals surface area contributed by atoms with E-state index in [-0.39, 0.29) is 12.5 Å². The number of nitrogens with zero attached hydrogens (tertiary/aromatic N) is 5. The van der Waals surface area contributed by atoms with Crippen molar-refractivity contribution < 1.29 is 14.7 Å². The van der Waals surface area contributed by atoms with Crippen LogP contribution >= 0.6 is 0 Å². The van der Waals surface area contributed by atoms with E-state index in [4.69, 9.17) is 4.98 Å². The summed E-state index contributed by atoms with van der Waals surface area (Å²) in [5.74, 6) is -0.207. The summed E-state index contributed by atoms with van der Waals surface area (Å²) in [6, 6.07) is 17.9. The molecule has 1 fully saturated rings. The molecule has 0 radical (unpaired) electrons. The summed E-state index contributed by atoms with van der Waals surface area (Å²) in [5.41, 5.74) is 3.70. The van der Waals surface area contributed by atoms with Gasteiger partial charge in [0.1, 0.15) is 0 Å². The van der Waals surface area contributed by atoms with E-state index >= 15 is 0 Å². The van der Waals surface area contributed by atoms with E-state index in [0.717, 1.165) is 65.4 Å². The Morgan fingerprint density at radius 1 is 1.00 bits per heavy atom. The minimum atomic E-state index is -0.840. The molecule has 0 spiro atoms. The summed E-state index contributed by atoms with van der Waals surface area (Å²) in [6.07, 6.45) is 6.35. The van der Waals surface area contributed by atoms with Crippen LogP contribution in [0.1, 0.15) is 63.9 Å². The number of rotatable bonds is 11. The minimum absolute atomic E-state index is 0.0359. The number of pyridine rings is 1. The Morgan fingerprint density at radius 3 is 2.46 bits per heavy atom. The number of unbranched alkanes of at least 4 members (excludes halogenated alkanes) is 2. The molecule has 39 heavy (non-hydrogen) atoms. The van der Waals surface area contributed by atoms with Gasteiger partial charge < -0.3 is 10.0 Å². The number of benzene rings is 2. The number of nitrogens with one attached hydrogen (secondary N) is 1. The molecule has 2 heterocycles. The molecule has 202 valence electrons. The molecule has 2 aromatic heterocycles. The zero-order chi connectivity index (χ0) is 27.2. The number of carbonyl (C=O) groups excluding carboxylic acids is 1. The molecule has 1 amide bonds. The lowest BCUT2D eigenvalue weighted by Crippen LogP contribution is -2.44. The van der Waals surface area contributed by atoms with Gasteiger partial charge in [0, 0.05) is 36.0 Å². The smallest absolute Gasteiger partial charge is 0.311 e. The second-order valence-electron chi connectivity index (χ2n) is 10.5. The molecule has 9 heteroatoms. The van der Waals surface area contributed by atoms with Gasteiger partial charge in [0.15, 0.2) is 0 Å². The summed E-state index contributed by atoms with van der Waals surface area (Å²) in [7, 11) is 0. The van der Waals surface area contributed by atoms with Crippen molar-refractivity contribution in [1.82, 2.24) is 30.5 Å². The van der Waals surface area contributed by atoms with Crippen LogP contribution in [0.25, 0.3) is 33.5 Å². The fourth-order valence-electron chi connectivity index (χ4n) is 5.50. The lowest BCUT2D eigenvalue weighted by molar-refractivity contribution is -0.151. The largest absolute Gasteiger partial charge is 0.481 e. The standard InChI is InChI=1S/C30H34N6O3/c1-2-3-4-7-27(37)36(20-30(29(38)39)16-5-6-17-30)19-21-8-14-26-24(18-21)13-15-25(31-26)22-9-11-23(12-10-22)28-32-34-35-33-28/h8-15,18H,2-7,16-17,19-20H2,1H3,(H,38,39)(H,32,33,34,35). The molecule has 1 saturated carbocycles. The topological polar surface area (TPSA) is 125 Å². The number of H-pyrrole nitrogens is 1. The number of fused-ring (bicyclic) bond motifs is 1. The van der Waals surface area contributed by atoms with Crippen LogP contribution < -0.4 is 0 Å². The van der Waals surface area contributed by atoms with Gasteiger partial charge in [0.25, 0.3) is 0 Å². The lowest BCUT2D eigenvalue weighted by atomic mass is 9.85. The number of carboxylic acid groups (broad SMARTS) is 1. The molecule has 2 N–H and O–H groups in total. The first kappa shape index (κ1) is 26.5. The first-order valence-corrected chi connectivity index (χ1v) is 13.7. The average Bonchev–Trinajstić information content (AvgIpc) is 3.66. The number of carbonyl (C=O) groups is 2. The van der Waals surface area contributed by atoms with Gasteiger partial charge in [-0.25, -0.2) is 4.98 Å². The molecular formula is C30H34N6O3. The summed E-state index contributed by atoms with van der Waals surface area (Å²) in [6.45, 7) is 2.78. The highest BCUT2D eigenvalue weighted by Gasteiger charge is 2.43. The fourth-order valence-corrected chi connectivity index (χ4v) is 5.50. The van der Waals surface area contributed by atoms with Crippen molar-refractivity contribution in [3.63, 3.8) is 0 Å². The number of aromatic amines is 1. The molecule has 1 aliphatic rings. The molecule has 0 unspecified atom stereocenters. The SMILES string of the molecule is CCCCCC(=O)N(Cc1ccc2nc(-c3ccc(-c4nn[nH]n4)cc3)ccc2c1)CC1(C(=O)O)CCCC1. The van der Waals surface area contributed by atoms with Crippen LogP contribution in [0, 0.1) is 5.41 Å². The summed E-state index contributed by atoms with van der Waals surface area (Å²) >= 11 is 0. The van der Waals surface area contributed by atoms with Crippen LogP contribution in [0.2, 0.25) is 0 Å². The molecule has 2 aromatic carbocycles. The number of amides is 1. The maximum atomic E-state index is 13.2. The van der Waals surface area contributed by atoms with Crippen molar-refractivity contribution >= 4 is 22.8 Å². The van der Waals surface area contributed by atoms with Crippen molar-refractivity contribution in [1.29, 1.82) is 0 Å². The number of hydrogen-bond donors (Lipinski definition) is 2. The van der Waals surface area contributed by atoms with Crippen LogP contribution in [-0.2, 0) is 16.1 Å². The number of aromatic nitrogens is 5. The molecule has 0 saturated heterocycles. The molecular weight excluding hydrogens is 492 g/mol. The van der Waals surface area contributed by atoms with Crippen molar-refractivity contribution in [2.75, 3.05) is 6.54 Å². The van der Waals surface area contributed by atoms with Crippen LogP contribution in [0.5, 0.6) is 0 Å². The van der Waals surface area contributed by atoms with Gasteiger partial charge in [-0.3, -0.25) is 9.59 Å². The normalized spacial score (nSPS) is 14.5. The molecule has 0 bridgehead atoms. The lowest BCUT2D eigenvalue weighted by Gasteiger charge is -2.32. The zero-order valence-electron chi connectivity index (χ0n) is 22.3. The van der Waals surface area contributed by atoms with Gasteiger partial charge in [0.2, 0.25) is 11.7 Å². The van der Waals surface area contributed by atoms with Gasteiger partial charge in [-0.05, 0) is 48.2 Å². The van der Waals surface area contributed by atoms with E-state index in [1.165, 1.54) is 0 Å². The highest BCUT2D eigenvalue weighted by atomic mass is 16.4. The fraction of sp³-hybridized carbons (Fsp3) is 0.400. The third-order valence-corrected chi connectivity index (χ3v) is 7.77. The Kier molecular flexibility index (Phi) is 7.95. The van der Waals surface area contributed by atoms with Crippen molar-refractivity contribution in [2.45, 2.75) is 64.8 Å². The molecule has 0 aliphatic heterocycles. The third kappa shape index (κ3) is 5.97. The van der Waals surface area contributed by atoms with Crippen LogP contribution in [-0.4, -0.2) is 54.0 Å². The van der Waals surface area contributed by atoms with Gasteiger partial charge in [-0.2, -0.15) is 5.21 Å². The van der Waals surface area contributed by atoms with Gasteiger partial charge in [0.05, 0.1) is 16.6 Å². The first-order chi connectivity index (χ1) is 19.0. The molecule has 4 aromatic rings. The van der Waals surface area contributed by atoms with E-state index < -0.39 is 11.4 Å². The van der Waals surface area contributed by atoms with Crippen molar-refractivity contribution in [3.8, 4) is 22.6 Å². The molecule has 1 aliphatic carbocycles. The Bertz CT molecular complexity index is 1430. The minimum Gasteiger partial charge on any atom is -0.481 e. The highest BCUT2D eigenvalue weighted by molar-refractivity contribution is 5.83. The third-order valence-electron chi connectivity index (χ3n) is 7.77. The second kappa shape index (κ2) is 11.7. The van der Waals surface area contributed by atoms with E-state index in [0.29, 0.717) is 31.6 Å². The highest BCUT2D eigenvalue weighted by Crippen LogP contribution is 2.39. The van der Waals surface area contributed by atoms with Crippen molar-refractivity contribution in [2.24, 2.45) is 5.41 Å². The first-order valence-electron chi connectivity index (χ1n) is 13.7. The van der Waals surface area contributed by atoms with Gasteiger partial charge in [-0.1, -0.05) is 69.0 Å². The number of aliphatic carboxylic acids is 1. The second-order valence-corrected chi connectivity index (χ2v) is 10.5. The Hall–Kier alpha value is -4.14. The Labute approximate surface area is 227 Å². The predicted octanol–water partition coefficient (Wildman–Crippen LogP) is 5.64. The maximum Gasteiger partial charge on any atom is 0.311 e. The van der Waals surface area contributed by atoms with Crippen LogP contribution in [0.4, 0.5) is 0 Å². The van der Waals surface area contributed by atoms with E-state index in [1.807, 2.05) is 48.5 Å². The molecule has 5 rings (SSSR count). The van der Waals surface area contributed by atoms with Crippen molar-refractivity contribution in [3.05, 3.63) is 60.2 Å². The van der Waals surface area contributed by atoms with Crippen LogP contribution in [0.3, 0.4) is 0 Å². The number of tetrazole rings is 1. The van der Waals surface area contributed by atoms with E-state index in [1.54, 1.807) is 4.90 Å². The number of carboxylic acids is 1. The Morgan fingerprint density at radius 2 is 1.77 bits per heavy atom. The number of hydrogen-bond acceptors (Lipinski definition) is 6. The van der Waals surface area contributed by atoms with Gasteiger partial charge >= 0.3 is 5.97 Å². The predicted molar refractivity (Wildman–Crippen MR) is 148 cm³/mol. The monoisotopic (exact) mass is 526 g/mol. The van der Waals surface area contributed by atoms with E-state index in [9.17, 15) is 14.7 Å². The van der Waals surface area contributed by atoms with E-state index in [2.05, 4.69) is 33.6 Å². The summed E-state index contributed by atoms with van der Waals surface area (Å²) in [5, 5.41) is 25.1. The molecule has 9 nitrogen and oxygen atoms in total. The average molecular weight is 527 g/mol. The quantitative estimate of drug-likeness (QED) is 0.242.